The lowest BCUT2D eigenvalue weighted by molar-refractivity contribution is -0.286. The molecular formula is C15H17ClF2N2O5. The first-order valence-electron chi connectivity index (χ1n) is 7.51. The van der Waals surface area contributed by atoms with Crippen molar-refractivity contribution in [3.63, 3.8) is 0 Å². The van der Waals surface area contributed by atoms with Crippen molar-refractivity contribution in [1.82, 2.24) is 4.90 Å². The van der Waals surface area contributed by atoms with Crippen LogP contribution in [0.3, 0.4) is 0 Å². The van der Waals surface area contributed by atoms with Gasteiger partial charge in [0.15, 0.2) is 11.5 Å². The van der Waals surface area contributed by atoms with Gasteiger partial charge in [-0.2, -0.15) is 0 Å². The summed E-state index contributed by atoms with van der Waals surface area (Å²) in [6.07, 6.45) is -1.57. The Morgan fingerprint density at radius 2 is 2.00 bits per heavy atom. The first-order chi connectivity index (χ1) is 11.3. The van der Waals surface area contributed by atoms with Crippen molar-refractivity contribution < 1.29 is 33.0 Å². The number of amides is 1. The van der Waals surface area contributed by atoms with E-state index in [0.717, 1.165) is 12.8 Å². The summed E-state index contributed by atoms with van der Waals surface area (Å²) in [7, 11) is 0. The fourth-order valence-corrected chi connectivity index (χ4v) is 2.87. The first-order valence-corrected chi connectivity index (χ1v) is 7.51. The average Bonchev–Trinajstić information content (AvgIpc) is 2.80. The van der Waals surface area contributed by atoms with Crippen molar-refractivity contribution in [2.75, 3.05) is 18.4 Å². The predicted octanol–water partition coefficient (Wildman–Crippen LogP) is 2.31. The van der Waals surface area contributed by atoms with E-state index in [4.69, 9.17) is 0 Å². The molecule has 1 aromatic carbocycles. The van der Waals surface area contributed by atoms with Crippen LogP contribution in [0.4, 0.5) is 14.5 Å². The van der Waals surface area contributed by atoms with Crippen molar-refractivity contribution in [3.8, 4) is 11.5 Å². The van der Waals surface area contributed by atoms with Crippen LogP contribution in [0.2, 0.25) is 0 Å². The third-order valence-corrected chi connectivity index (χ3v) is 3.93. The molecule has 2 N–H and O–H groups in total. The van der Waals surface area contributed by atoms with Crippen molar-refractivity contribution in [1.29, 1.82) is 0 Å². The number of alkyl halides is 2. The maximum absolute atomic E-state index is 13.0. The van der Waals surface area contributed by atoms with E-state index in [1.165, 1.54) is 18.2 Å². The summed E-state index contributed by atoms with van der Waals surface area (Å²) in [4.78, 5) is 24.9. The molecule has 1 saturated heterocycles. The van der Waals surface area contributed by atoms with Gasteiger partial charge in [0.25, 0.3) is 0 Å². The van der Waals surface area contributed by atoms with Gasteiger partial charge in [-0.3, -0.25) is 14.5 Å². The molecule has 25 heavy (non-hydrogen) atoms. The summed E-state index contributed by atoms with van der Waals surface area (Å²) in [5.41, 5.74) is 0.268. The molecule has 1 amide bonds. The molecular weight excluding hydrogens is 362 g/mol. The van der Waals surface area contributed by atoms with Crippen LogP contribution in [0.25, 0.3) is 0 Å². The Morgan fingerprint density at radius 3 is 2.72 bits per heavy atom. The van der Waals surface area contributed by atoms with Crippen molar-refractivity contribution >= 4 is 30.0 Å². The molecule has 7 nitrogen and oxygen atoms in total. The molecule has 1 aromatic rings. The minimum Gasteiger partial charge on any atom is -0.480 e. The Bertz CT molecular complexity index is 673. The molecule has 0 spiro atoms. The van der Waals surface area contributed by atoms with E-state index in [1.54, 1.807) is 4.90 Å². The fraction of sp³-hybridized carbons (Fsp3) is 0.467. The molecule has 10 heteroatoms. The van der Waals surface area contributed by atoms with Gasteiger partial charge in [-0.1, -0.05) is 6.42 Å². The van der Waals surface area contributed by atoms with E-state index in [9.17, 15) is 23.5 Å². The number of hydrogen-bond acceptors (Lipinski definition) is 5. The largest absolute Gasteiger partial charge is 0.586 e. The van der Waals surface area contributed by atoms with E-state index in [1.807, 2.05) is 0 Å². The number of carbonyl (C=O) groups excluding carboxylic acids is 1. The van der Waals surface area contributed by atoms with Crippen molar-refractivity contribution in [2.45, 2.75) is 31.6 Å². The maximum Gasteiger partial charge on any atom is 0.586 e. The van der Waals surface area contributed by atoms with E-state index >= 15 is 0 Å². The molecule has 0 radical (unpaired) electrons. The molecule has 0 aliphatic carbocycles. The zero-order chi connectivity index (χ0) is 17.3. The lowest BCUT2D eigenvalue weighted by Crippen LogP contribution is -2.47. The number of carboxylic acid groups (broad SMARTS) is 1. The Morgan fingerprint density at radius 1 is 1.28 bits per heavy atom. The van der Waals surface area contributed by atoms with E-state index in [2.05, 4.69) is 14.8 Å². The van der Waals surface area contributed by atoms with Crippen LogP contribution in [-0.4, -0.2) is 47.3 Å². The maximum atomic E-state index is 13.0. The molecule has 0 bridgehead atoms. The lowest BCUT2D eigenvalue weighted by atomic mass is 10.0. The van der Waals surface area contributed by atoms with Gasteiger partial charge < -0.3 is 19.9 Å². The van der Waals surface area contributed by atoms with Crippen LogP contribution in [0, 0.1) is 0 Å². The Balaban J connectivity index is 0.00000225. The highest BCUT2D eigenvalue weighted by molar-refractivity contribution is 5.93. The van der Waals surface area contributed by atoms with Crippen LogP contribution in [0.5, 0.6) is 11.5 Å². The number of fused-ring (bicyclic) bond motifs is 1. The smallest absolute Gasteiger partial charge is 0.480 e. The Labute approximate surface area is 148 Å². The summed E-state index contributed by atoms with van der Waals surface area (Å²) < 4.78 is 34.5. The molecule has 1 atom stereocenters. The molecule has 2 aliphatic heterocycles. The number of ether oxygens (including phenoxy) is 2. The third-order valence-electron chi connectivity index (χ3n) is 3.93. The summed E-state index contributed by atoms with van der Waals surface area (Å²) in [6.45, 7) is 0.444. The van der Waals surface area contributed by atoms with Crippen LogP contribution >= 0.6 is 12.4 Å². The van der Waals surface area contributed by atoms with Crippen molar-refractivity contribution in [2.24, 2.45) is 0 Å². The molecule has 1 unspecified atom stereocenters. The number of nitrogens with one attached hydrogen (secondary N) is 1. The minimum absolute atomic E-state index is 0. The summed E-state index contributed by atoms with van der Waals surface area (Å²) in [5.74, 6) is -1.65. The number of rotatable bonds is 4. The first kappa shape index (κ1) is 19.2. The van der Waals surface area contributed by atoms with Gasteiger partial charge in [0.05, 0.1) is 6.54 Å². The number of benzene rings is 1. The number of carbonyl (C=O) groups is 2. The van der Waals surface area contributed by atoms with Gasteiger partial charge in [-0.05, 0) is 31.5 Å². The predicted molar refractivity (Wildman–Crippen MR) is 85.4 cm³/mol. The van der Waals surface area contributed by atoms with Gasteiger partial charge in [0, 0.05) is 11.8 Å². The number of piperidine rings is 1. The number of hydrogen-bond donors (Lipinski definition) is 2. The Hall–Kier alpha value is -2.13. The van der Waals surface area contributed by atoms with Crippen molar-refractivity contribution in [3.05, 3.63) is 18.2 Å². The van der Waals surface area contributed by atoms with Gasteiger partial charge in [-0.15, -0.1) is 21.2 Å². The number of nitrogens with zero attached hydrogens (tertiary/aromatic N) is 1. The molecule has 0 saturated carbocycles. The number of halogens is 3. The molecule has 0 aromatic heterocycles. The van der Waals surface area contributed by atoms with Crippen LogP contribution < -0.4 is 14.8 Å². The SMILES string of the molecule is Cl.O=C(CN1CCCCC1C(=O)O)Nc1ccc2c(c1)OC(F)(F)O2. The average molecular weight is 379 g/mol. The highest BCUT2D eigenvalue weighted by atomic mass is 35.5. The highest BCUT2D eigenvalue weighted by Crippen LogP contribution is 2.42. The lowest BCUT2D eigenvalue weighted by Gasteiger charge is -2.32. The molecule has 138 valence electrons. The number of carboxylic acids is 1. The number of likely N-dealkylation sites (tertiary alicyclic amines) is 1. The second-order valence-corrected chi connectivity index (χ2v) is 5.70. The van der Waals surface area contributed by atoms with Gasteiger partial charge in [0.2, 0.25) is 5.91 Å². The quantitative estimate of drug-likeness (QED) is 0.836. The van der Waals surface area contributed by atoms with Crippen LogP contribution in [0.15, 0.2) is 18.2 Å². The number of anilines is 1. The van der Waals surface area contributed by atoms with Gasteiger partial charge in [-0.25, -0.2) is 0 Å². The molecule has 2 aliphatic rings. The van der Waals surface area contributed by atoms with E-state index in [0.29, 0.717) is 13.0 Å². The number of aliphatic carboxylic acids is 1. The molecule has 2 heterocycles. The Kier molecular flexibility index (Phi) is 5.69. The van der Waals surface area contributed by atoms with E-state index in [-0.39, 0.29) is 36.1 Å². The third kappa shape index (κ3) is 4.49. The zero-order valence-corrected chi connectivity index (χ0v) is 13.9. The normalized spacial score (nSPS) is 21.3. The van der Waals surface area contributed by atoms with Gasteiger partial charge in [0.1, 0.15) is 6.04 Å². The molecule has 1 fully saturated rings. The summed E-state index contributed by atoms with van der Waals surface area (Å²) in [5, 5.41) is 11.7. The zero-order valence-electron chi connectivity index (χ0n) is 13.0. The standard InChI is InChI=1S/C15H16F2N2O5.ClH/c16-15(17)23-11-5-4-9(7-12(11)24-15)18-13(20)8-19-6-2-1-3-10(19)14(21)22;/h4-5,7,10H,1-3,6,8H2,(H,18,20)(H,21,22);1H. The second-order valence-electron chi connectivity index (χ2n) is 5.70. The van der Waals surface area contributed by atoms with Crippen LogP contribution in [-0.2, 0) is 9.59 Å². The fourth-order valence-electron chi connectivity index (χ4n) is 2.87. The van der Waals surface area contributed by atoms with Crippen LogP contribution in [0.1, 0.15) is 19.3 Å². The topological polar surface area (TPSA) is 88.1 Å². The highest BCUT2D eigenvalue weighted by Gasteiger charge is 2.43. The minimum atomic E-state index is -3.71. The summed E-state index contributed by atoms with van der Waals surface area (Å²) >= 11 is 0. The molecule has 3 rings (SSSR count). The second kappa shape index (κ2) is 7.40. The summed E-state index contributed by atoms with van der Waals surface area (Å²) in [6, 6.07) is 3.23. The van der Waals surface area contributed by atoms with Gasteiger partial charge >= 0.3 is 12.3 Å². The monoisotopic (exact) mass is 378 g/mol. The van der Waals surface area contributed by atoms with E-state index < -0.39 is 24.2 Å².